The molecule has 0 aromatic rings. The van der Waals surface area contributed by atoms with Gasteiger partial charge in [-0.25, -0.2) is 5.10 Å². The van der Waals surface area contributed by atoms with Crippen LogP contribution in [0.5, 0.6) is 0 Å². The first-order chi connectivity index (χ1) is 7.63. The Hall–Kier alpha value is -0.761. The second-order valence-electron chi connectivity index (χ2n) is 2.69. The largest absolute Gasteiger partial charge is 2.00 e. The minimum atomic E-state index is -0.300. The smallest absolute Gasteiger partial charge is 0.751 e. The standard InChI is InChI=1S/C8H18N7S.Cu/c1-6(5-12-15-8(16)11-4)13-14-7(9-2)10-3;/h5,8,11H,1-4H3,(H3-,9,10,12,13,14,15,16);/q-1;+2/p-1/i;1+0. The summed E-state index contributed by atoms with van der Waals surface area (Å²) in [5.74, 6) is 0.456. The molecular weight excluding hydrogens is 290 g/mol. The maximum Gasteiger partial charge on any atom is 2.00 e. The van der Waals surface area contributed by atoms with Crippen molar-refractivity contribution in [2.24, 2.45) is 15.3 Å². The zero-order valence-electron chi connectivity index (χ0n) is 10.2. The van der Waals surface area contributed by atoms with Crippen LogP contribution in [-0.4, -0.2) is 44.5 Å². The van der Waals surface area contributed by atoms with Crippen LogP contribution in [0.25, 0.3) is 5.32 Å². The fraction of sp³-hybridized carbons (Fsp3) is 0.625. The summed E-state index contributed by atoms with van der Waals surface area (Å²) in [5.41, 5.74) is 3.02. The van der Waals surface area contributed by atoms with Gasteiger partial charge in [-0.15, -0.1) is 0 Å². The van der Waals surface area contributed by atoms with E-state index in [1.54, 1.807) is 28.1 Å². The van der Waals surface area contributed by atoms with Crippen LogP contribution in [0.2, 0.25) is 0 Å². The van der Waals surface area contributed by atoms with Crippen molar-refractivity contribution in [3.8, 4) is 0 Å². The maximum absolute atomic E-state index is 4.91. The van der Waals surface area contributed by atoms with Crippen molar-refractivity contribution in [3.63, 3.8) is 0 Å². The molecule has 0 bridgehead atoms. The van der Waals surface area contributed by atoms with E-state index in [0.717, 1.165) is 0 Å². The van der Waals surface area contributed by atoms with Crippen LogP contribution >= 0.6 is 0 Å². The van der Waals surface area contributed by atoms with Gasteiger partial charge in [0.15, 0.2) is 0 Å². The van der Waals surface area contributed by atoms with E-state index in [1.165, 1.54) is 6.21 Å². The molecule has 1 atom stereocenters. The summed E-state index contributed by atoms with van der Waals surface area (Å²) in [6.45, 7) is 1.77. The van der Waals surface area contributed by atoms with Crippen LogP contribution in [0.4, 0.5) is 0 Å². The molecule has 1 unspecified atom stereocenters. The maximum atomic E-state index is 4.91. The molecule has 0 aliphatic carbocycles. The van der Waals surface area contributed by atoms with Gasteiger partial charge in [-0.1, -0.05) is 0 Å². The van der Waals surface area contributed by atoms with Crippen molar-refractivity contribution in [1.29, 1.82) is 0 Å². The Labute approximate surface area is 118 Å². The SMILES string of the molecule is C[N-]\C(=N/N=C(C)/C=N/NC([S-])NC)NC.[64Cu+2]. The summed E-state index contributed by atoms with van der Waals surface area (Å²) < 4.78 is 0. The predicted octanol–water partition coefficient (Wildman–Crippen LogP) is -0.436. The molecule has 0 spiro atoms. The Morgan fingerprint density at radius 2 is 2.00 bits per heavy atom. The molecule has 0 aliphatic rings. The Balaban J connectivity index is 0. The van der Waals surface area contributed by atoms with Gasteiger partial charge in [0.25, 0.3) is 0 Å². The van der Waals surface area contributed by atoms with Gasteiger partial charge in [0.1, 0.15) is 0 Å². The molecule has 0 heterocycles. The van der Waals surface area contributed by atoms with E-state index in [2.05, 4.69) is 36.7 Å². The number of nitrogens with zero attached hydrogens (tertiary/aromatic N) is 4. The molecule has 0 saturated carbocycles. The minimum absolute atomic E-state index is 0. The van der Waals surface area contributed by atoms with Crippen molar-refractivity contribution < 1.29 is 17.1 Å². The molecule has 0 aromatic heterocycles. The molecule has 3 N–H and O–H groups in total. The van der Waals surface area contributed by atoms with Gasteiger partial charge in [-0.05, 0) is 33.6 Å². The van der Waals surface area contributed by atoms with Gasteiger partial charge in [0, 0.05) is 5.96 Å². The molecule has 0 saturated heterocycles. The molecule has 0 amide bonds. The third kappa shape index (κ3) is 10.1. The number of guanidine groups is 1. The first-order valence-electron chi connectivity index (χ1n) is 4.65. The normalized spacial score (nSPS) is 14.2. The summed E-state index contributed by atoms with van der Waals surface area (Å²) in [6, 6.07) is 0. The first-order valence-corrected chi connectivity index (χ1v) is 5.12. The number of hydrogen-bond acceptors (Lipinski definition) is 6. The van der Waals surface area contributed by atoms with E-state index in [-0.39, 0.29) is 22.6 Å². The number of nitrogens with one attached hydrogen (secondary N) is 3. The van der Waals surface area contributed by atoms with Gasteiger partial charge >= 0.3 is 17.1 Å². The second-order valence-corrected chi connectivity index (χ2v) is 3.17. The molecule has 0 aromatic carbocycles. The van der Waals surface area contributed by atoms with Crippen molar-refractivity contribution >= 4 is 30.5 Å². The van der Waals surface area contributed by atoms with E-state index in [0.29, 0.717) is 11.7 Å². The average Bonchev–Trinajstić information content (AvgIpc) is 2.30. The Morgan fingerprint density at radius 1 is 1.35 bits per heavy atom. The van der Waals surface area contributed by atoms with E-state index in [1.807, 2.05) is 0 Å². The molecule has 0 rings (SSSR count). The summed E-state index contributed by atoms with van der Waals surface area (Å²) >= 11 is 4.91. The Kier molecular flexibility index (Phi) is 12.8. The van der Waals surface area contributed by atoms with Crippen molar-refractivity contribution in [2.45, 2.75) is 12.4 Å². The molecule has 0 aliphatic heterocycles. The van der Waals surface area contributed by atoms with Crippen LogP contribution < -0.4 is 16.1 Å². The van der Waals surface area contributed by atoms with E-state index in [4.69, 9.17) is 12.6 Å². The zero-order valence-corrected chi connectivity index (χ0v) is 11.9. The number of hydrogen-bond donors (Lipinski definition) is 3. The minimum Gasteiger partial charge on any atom is -0.751 e. The van der Waals surface area contributed by atoms with Crippen LogP contribution in [0.1, 0.15) is 6.92 Å². The van der Waals surface area contributed by atoms with E-state index in [9.17, 15) is 0 Å². The third-order valence-electron chi connectivity index (χ3n) is 1.44. The summed E-state index contributed by atoms with van der Waals surface area (Å²) in [4.78, 5) is 0. The van der Waals surface area contributed by atoms with E-state index < -0.39 is 0 Å². The Bertz CT molecular complexity index is 273. The molecule has 0 fully saturated rings. The van der Waals surface area contributed by atoms with Gasteiger partial charge in [0.05, 0.1) is 11.9 Å². The molecular formula is C8H17CuN7S. The Morgan fingerprint density at radius 3 is 2.47 bits per heavy atom. The van der Waals surface area contributed by atoms with Crippen LogP contribution in [0, 0.1) is 0 Å². The van der Waals surface area contributed by atoms with Gasteiger partial charge in [-0.3, -0.25) is 5.10 Å². The number of rotatable bonds is 5. The average molecular weight is 307 g/mol. The topological polar surface area (TPSA) is 87.3 Å². The molecule has 101 valence electrons. The zero-order chi connectivity index (χ0) is 12.4. The monoisotopic (exact) mass is 307 g/mol. The predicted molar refractivity (Wildman–Crippen MR) is 70.7 cm³/mol. The van der Waals surface area contributed by atoms with Crippen molar-refractivity contribution in [3.05, 3.63) is 5.32 Å². The van der Waals surface area contributed by atoms with Crippen LogP contribution in [0.3, 0.4) is 0 Å². The third-order valence-corrected chi connectivity index (χ3v) is 1.78. The fourth-order valence-electron chi connectivity index (χ4n) is 0.622. The second kappa shape index (κ2) is 11.7. The fourth-order valence-corrected chi connectivity index (χ4v) is 0.682. The molecule has 1 radical (unpaired) electrons. The molecule has 7 nitrogen and oxygen atoms in total. The molecule has 17 heavy (non-hydrogen) atoms. The van der Waals surface area contributed by atoms with Crippen molar-refractivity contribution in [2.75, 3.05) is 21.1 Å². The molecule has 9 heteroatoms. The number of hydrazone groups is 1. The van der Waals surface area contributed by atoms with Crippen LogP contribution in [-0.2, 0) is 29.7 Å². The first kappa shape index (κ1) is 18.6. The van der Waals surface area contributed by atoms with Gasteiger partial charge < -0.3 is 34.0 Å². The summed E-state index contributed by atoms with van der Waals surface area (Å²) in [7, 11) is 5.10. The summed E-state index contributed by atoms with van der Waals surface area (Å²) in [5, 5.41) is 21.0. The summed E-state index contributed by atoms with van der Waals surface area (Å²) in [6.07, 6.45) is 1.53. The van der Waals surface area contributed by atoms with Gasteiger partial charge in [-0.2, -0.15) is 5.10 Å². The van der Waals surface area contributed by atoms with Crippen LogP contribution in [0.15, 0.2) is 15.3 Å². The van der Waals surface area contributed by atoms with Gasteiger partial charge in [0.2, 0.25) is 0 Å². The quantitative estimate of drug-likeness (QED) is 0.161. The van der Waals surface area contributed by atoms with Crippen molar-refractivity contribution in [1.82, 2.24) is 16.1 Å². The van der Waals surface area contributed by atoms with E-state index >= 15 is 0 Å².